The molecule has 3 heterocycles. The zero-order valence-electron chi connectivity index (χ0n) is 13.5. The van der Waals surface area contributed by atoms with Gasteiger partial charge in [0.05, 0.1) is 18.6 Å². The van der Waals surface area contributed by atoms with Gasteiger partial charge in [-0.15, -0.1) is 10.2 Å². The van der Waals surface area contributed by atoms with Gasteiger partial charge in [0.25, 0.3) is 0 Å². The summed E-state index contributed by atoms with van der Waals surface area (Å²) in [7, 11) is 0. The van der Waals surface area contributed by atoms with Crippen LogP contribution in [0.15, 0.2) is 28.0 Å². The molecule has 1 N–H and O–H groups in total. The number of nitrogens with one attached hydrogen (secondary N) is 1. The lowest BCUT2D eigenvalue weighted by molar-refractivity contribution is -0.118. The highest BCUT2D eigenvalue weighted by molar-refractivity contribution is 7.99. The molecule has 0 aromatic carbocycles. The van der Waals surface area contributed by atoms with Crippen LogP contribution in [0.2, 0.25) is 0 Å². The summed E-state index contributed by atoms with van der Waals surface area (Å²) in [6.07, 6.45) is 6.24. The van der Waals surface area contributed by atoms with E-state index in [1.807, 2.05) is 12.1 Å². The van der Waals surface area contributed by atoms with E-state index in [0.717, 1.165) is 42.8 Å². The van der Waals surface area contributed by atoms with Gasteiger partial charge in [0.1, 0.15) is 5.76 Å². The van der Waals surface area contributed by atoms with Gasteiger partial charge in [-0.3, -0.25) is 9.36 Å². The normalized spacial score (nSPS) is 17.4. The Balaban J connectivity index is 1.49. The van der Waals surface area contributed by atoms with Crippen molar-refractivity contribution < 1.29 is 9.21 Å². The van der Waals surface area contributed by atoms with Crippen LogP contribution >= 0.6 is 11.8 Å². The fourth-order valence-corrected chi connectivity index (χ4v) is 3.61. The largest absolute Gasteiger partial charge is 0.467 e. The number of amides is 1. The SMILES string of the molecule is O=C(CSc1nnc(N2CCCC2)n1Cc1ccco1)NC1CC1. The van der Waals surface area contributed by atoms with Gasteiger partial charge >= 0.3 is 0 Å². The molecule has 0 unspecified atom stereocenters. The molecule has 2 aliphatic rings. The van der Waals surface area contributed by atoms with Crippen molar-refractivity contribution in [2.75, 3.05) is 23.7 Å². The number of carbonyl (C=O) groups is 1. The maximum absolute atomic E-state index is 11.9. The third kappa shape index (κ3) is 3.58. The topological polar surface area (TPSA) is 76.2 Å². The van der Waals surface area contributed by atoms with E-state index in [9.17, 15) is 4.79 Å². The Hall–Kier alpha value is -1.96. The molecule has 128 valence electrons. The second-order valence-corrected chi connectivity index (χ2v) is 7.22. The van der Waals surface area contributed by atoms with Crippen LogP contribution in [0.3, 0.4) is 0 Å². The summed E-state index contributed by atoms with van der Waals surface area (Å²) in [5.74, 6) is 2.17. The van der Waals surface area contributed by atoms with Crippen molar-refractivity contribution in [2.24, 2.45) is 0 Å². The fraction of sp³-hybridized carbons (Fsp3) is 0.562. The van der Waals surface area contributed by atoms with Crippen LogP contribution in [-0.4, -0.2) is 45.6 Å². The monoisotopic (exact) mass is 347 g/mol. The molecule has 1 aliphatic carbocycles. The maximum atomic E-state index is 11.9. The molecule has 4 rings (SSSR count). The minimum atomic E-state index is 0.0674. The number of carbonyl (C=O) groups excluding carboxylic acids is 1. The van der Waals surface area contributed by atoms with Crippen LogP contribution in [0.4, 0.5) is 5.95 Å². The summed E-state index contributed by atoms with van der Waals surface area (Å²) in [5.41, 5.74) is 0. The molecular formula is C16H21N5O2S. The van der Waals surface area contributed by atoms with Gasteiger partial charge in [-0.25, -0.2) is 0 Å². The van der Waals surface area contributed by atoms with Gasteiger partial charge in [0.15, 0.2) is 5.16 Å². The van der Waals surface area contributed by atoms with Crippen LogP contribution in [0, 0.1) is 0 Å². The van der Waals surface area contributed by atoms with Crippen molar-refractivity contribution in [3.05, 3.63) is 24.2 Å². The van der Waals surface area contributed by atoms with Gasteiger partial charge < -0.3 is 14.6 Å². The molecule has 8 heteroatoms. The van der Waals surface area contributed by atoms with Crippen molar-refractivity contribution in [2.45, 2.75) is 43.4 Å². The smallest absolute Gasteiger partial charge is 0.230 e. The van der Waals surface area contributed by atoms with Crippen molar-refractivity contribution in [1.29, 1.82) is 0 Å². The van der Waals surface area contributed by atoms with Crippen LogP contribution in [0.25, 0.3) is 0 Å². The fourth-order valence-electron chi connectivity index (χ4n) is 2.86. The van der Waals surface area contributed by atoms with E-state index in [4.69, 9.17) is 4.42 Å². The van der Waals surface area contributed by atoms with Crippen molar-refractivity contribution in [1.82, 2.24) is 20.1 Å². The Labute approximate surface area is 144 Å². The van der Waals surface area contributed by atoms with E-state index in [2.05, 4.69) is 25.0 Å². The van der Waals surface area contributed by atoms with Crippen LogP contribution in [0.5, 0.6) is 0 Å². The molecule has 0 bridgehead atoms. The Morgan fingerprint density at radius 2 is 2.17 bits per heavy atom. The first-order valence-corrected chi connectivity index (χ1v) is 9.41. The molecule has 24 heavy (non-hydrogen) atoms. The Bertz CT molecular complexity index is 689. The molecule has 0 atom stereocenters. The molecule has 1 amide bonds. The summed E-state index contributed by atoms with van der Waals surface area (Å²) < 4.78 is 7.54. The van der Waals surface area contributed by atoms with E-state index in [1.54, 1.807) is 6.26 Å². The predicted octanol–water partition coefficient (Wildman–Crippen LogP) is 1.89. The average Bonchev–Trinajstić information content (AvgIpc) is 3.04. The third-order valence-corrected chi connectivity index (χ3v) is 5.22. The number of aromatic nitrogens is 3. The molecule has 2 aromatic rings. The van der Waals surface area contributed by atoms with Gasteiger partial charge in [-0.1, -0.05) is 11.8 Å². The molecule has 1 saturated heterocycles. The zero-order valence-corrected chi connectivity index (χ0v) is 14.3. The van der Waals surface area contributed by atoms with Gasteiger partial charge in [-0.2, -0.15) is 0 Å². The third-order valence-electron chi connectivity index (χ3n) is 4.26. The first kappa shape index (κ1) is 15.6. The van der Waals surface area contributed by atoms with Crippen LogP contribution in [-0.2, 0) is 11.3 Å². The predicted molar refractivity (Wildman–Crippen MR) is 91.2 cm³/mol. The second-order valence-electron chi connectivity index (χ2n) is 6.27. The number of hydrogen-bond donors (Lipinski definition) is 1. The number of rotatable bonds is 7. The van der Waals surface area contributed by atoms with Gasteiger partial charge in [0.2, 0.25) is 11.9 Å². The molecule has 0 radical (unpaired) electrons. The van der Waals surface area contributed by atoms with E-state index in [1.165, 1.54) is 24.6 Å². The molecule has 1 saturated carbocycles. The van der Waals surface area contributed by atoms with Crippen molar-refractivity contribution in [3.8, 4) is 0 Å². The van der Waals surface area contributed by atoms with Crippen LogP contribution < -0.4 is 10.2 Å². The standard InChI is InChI=1S/C16H21N5O2S/c22-14(17-12-5-6-12)11-24-16-19-18-15(20-7-1-2-8-20)21(16)10-13-4-3-9-23-13/h3-4,9,12H,1-2,5-8,10-11H2,(H,17,22). The summed E-state index contributed by atoms with van der Waals surface area (Å²) in [5, 5.41) is 12.5. The zero-order chi connectivity index (χ0) is 16.4. The Morgan fingerprint density at radius 1 is 1.33 bits per heavy atom. The lowest BCUT2D eigenvalue weighted by atomic mass is 10.4. The Morgan fingerprint density at radius 3 is 2.88 bits per heavy atom. The highest BCUT2D eigenvalue weighted by atomic mass is 32.2. The number of hydrogen-bond acceptors (Lipinski definition) is 6. The number of furan rings is 1. The maximum Gasteiger partial charge on any atom is 0.230 e. The molecule has 0 spiro atoms. The number of anilines is 1. The summed E-state index contributed by atoms with van der Waals surface area (Å²) >= 11 is 1.44. The van der Waals surface area contributed by atoms with Crippen molar-refractivity contribution >= 4 is 23.6 Å². The van der Waals surface area contributed by atoms with Crippen molar-refractivity contribution in [3.63, 3.8) is 0 Å². The quantitative estimate of drug-likeness (QED) is 0.771. The molecule has 2 aromatic heterocycles. The van der Waals surface area contributed by atoms with Crippen LogP contribution in [0.1, 0.15) is 31.4 Å². The first-order valence-electron chi connectivity index (χ1n) is 8.42. The lowest BCUT2D eigenvalue weighted by Gasteiger charge is -2.17. The minimum Gasteiger partial charge on any atom is -0.467 e. The highest BCUT2D eigenvalue weighted by Crippen LogP contribution is 2.26. The Kier molecular flexibility index (Phi) is 4.46. The molecule has 7 nitrogen and oxygen atoms in total. The summed E-state index contributed by atoms with van der Waals surface area (Å²) in [6, 6.07) is 4.21. The average molecular weight is 347 g/mol. The van der Waals surface area contributed by atoms with E-state index in [-0.39, 0.29) is 5.91 Å². The van der Waals surface area contributed by atoms with E-state index >= 15 is 0 Å². The molecule has 1 aliphatic heterocycles. The number of nitrogens with zero attached hydrogens (tertiary/aromatic N) is 4. The highest BCUT2D eigenvalue weighted by Gasteiger charge is 2.25. The van der Waals surface area contributed by atoms with Gasteiger partial charge in [0, 0.05) is 19.1 Å². The summed E-state index contributed by atoms with van der Waals surface area (Å²) in [6.45, 7) is 2.59. The molecule has 2 fully saturated rings. The number of thioether (sulfide) groups is 1. The minimum absolute atomic E-state index is 0.0674. The summed E-state index contributed by atoms with van der Waals surface area (Å²) in [4.78, 5) is 14.2. The lowest BCUT2D eigenvalue weighted by Crippen LogP contribution is -2.27. The molecular weight excluding hydrogens is 326 g/mol. The second kappa shape index (κ2) is 6.88. The van der Waals surface area contributed by atoms with E-state index in [0.29, 0.717) is 18.3 Å². The van der Waals surface area contributed by atoms with E-state index < -0.39 is 0 Å². The van der Waals surface area contributed by atoms with Gasteiger partial charge in [-0.05, 0) is 37.8 Å². The first-order chi connectivity index (χ1) is 11.8.